The van der Waals surface area contributed by atoms with Crippen LogP contribution in [0.4, 0.5) is 18.9 Å². The molecule has 1 aliphatic rings. The van der Waals surface area contributed by atoms with Gasteiger partial charge in [-0.2, -0.15) is 13.2 Å². The van der Waals surface area contributed by atoms with Gasteiger partial charge >= 0.3 is 6.18 Å². The molecule has 0 spiro atoms. The number of nitrogens with one attached hydrogen (secondary N) is 1. The van der Waals surface area contributed by atoms with E-state index in [0.29, 0.717) is 13.0 Å². The van der Waals surface area contributed by atoms with Crippen LogP contribution in [0.3, 0.4) is 0 Å². The van der Waals surface area contributed by atoms with Crippen LogP contribution < -0.4 is 11.1 Å². The van der Waals surface area contributed by atoms with Gasteiger partial charge < -0.3 is 11.1 Å². The van der Waals surface area contributed by atoms with Crippen LogP contribution >= 0.6 is 24.0 Å². The molecule has 8 heteroatoms. The Morgan fingerprint density at radius 1 is 1.45 bits per heavy atom. The van der Waals surface area contributed by atoms with Crippen molar-refractivity contribution in [3.05, 3.63) is 29.8 Å². The number of hydrogen-bond donors (Lipinski definition) is 2. The van der Waals surface area contributed by atoms with E-state index in [-0.39, 0.29) is 42.5 Å². The Balaban J connectivity index is 0.00000242. The largest absolute Gasteiger partial charge is 0.401 e. The van der Waals surface area contributed by atoms with Gasteiger partial charge in [0.15, 0.2) is 5.96 Å². The van der Waals surface area contributed by atoms with E-state index in [2.05, 4.69) is 10.3 Å². The second-order valence-corrected chi connectivity index (χ2v) is 5.30. The van der Waals surface area contributed by atoms with Crippen molar-refractivity contribution in [2.24, 2.45) is 10.7 Å². The van der Waals surface area contributed by atoms with Crippen LogP contribution in [0.25, 0.3) is 0 Å². The molecule has 1 aromatic rings. The molecule has 4 nitrogen and oxygen atoms in total. The first-order valence-corrected chi connectivity index (χ1v) is 6.78. The van der Waals surface area contributed by atoms with Crippen molar-refractivity contribution in [1.82, 2.24) is 4.90 Å². The first-order valence-electron chi connectivity index (χ1n) is 6.78. The quantitative estimate of drug-likeness (QED) is 0.442. The highest BCUT2D eigenvalue weighted by molar-refractivity contribution is 14.0. The van der Waals surface area contributed by atoms with Crippen LogP contribution in [0.15, 0.2) is 29.3 Å². The van der Waals surface area contributed by atoms with Gasteiger partial charge in [-0.05, 0) is 31.0 Å². The van der Waals surface area contributed by atoms with Gasteiger partial charge in [0, 0.05) is 18.8 Å². The number of aryl methyl sites for hydroxylation is 1. The normalized spacial score (nSPS) is 19.8. The summed E-state index contributed by atoms with van der Waals surface area (Å²) in [6.45, 7) is 1.76. The van der Waals surface area contributed by atoms with Crippen molar-refractivity contribution >= 4 is 35.6 Å². The van der Waals surface area contributed by atoms with Crippen molar-refractivity contribution < 1.29 is 13.2 Å². The van der Waals surface area contributed by atoms with Crippen LogP contribution in [0.5, 0.6) is 0 Å². The summed E-state index contributed by atoms with van der Waals surface area (Å²) in [4.78, 5) is 5.61. The standard InChI is InChI=1S/C14H19F3N4.HI/c1-10-3-2-4-11(7-10)19-13(18)20-12-5-6-21(8-12)9-14(15,16)17;/h2-4,7,12H,5-6,8-9H2,1H3,(H3,18,19,20);1H. The molecule has 0 amide bonds. The van der Waals surface area contributed by atoms with Crippen LogP contribution in [0.1, 0.15) is 12.0 Å². The molecular weight excluding hydrogens is 408 g/mol. The minimum atomic E-state index is -4.16. The maximum atomic E-state index is 12.3. The fraction of sp³-hybridized carbons (Fsp3) is 0.500. The minimum absolute atomic E-state index is 0. The van der Waals surface area contributed by atoms with E-state index < -0.39 is 12.7 Å². The average molecular weight is 428 g/mol. The Morgan fingerprint density at radius 3 is 2.82 bits per heavy atom. The summed E-state index contributed by atoms with van der Waals surface area (Å²) < 4.78 is 36.9. The Kier molecular flexibility index (Phi) is 6.92. The first-order chi connectivity index (χ1) is 9.82. The Labute approximate surface area is 145 Å². The van der Waals surface area contributed by atoms with E-state index in [1.165, 1.54) is 4.90 Å². The molecule has 1 fully saturated rings. The van der Waals surface area contributed by atoms with Crippen molar-refractivity contribution in [3.8, 4) is 0 Å². The molecule has 1 atom stereocenters. The number of hydrogen-bond acceptors (Lipinski definition) is 2. The summed E-state index contributed by atoms with van der Waals surface area (Å²) >= 11 is 0. The molecule has 0 aliphatic carbocycles. The molecule has 124 valence electrons. The Bertz CT molecular complexity index is 519. The van der Waals surface area contributed by atoms with Crippen molar-refractivity contribution in [2.45, 2.75) is 25.6 Å². The summed E-state index contributed by atoms with van der Waals surface area (Å²) in [6, 6.07) is 7.45. The molecule has 2 rings (SSSR count). The summed E-state index contributed by atoms with van der Waals surface area (Å²) in [5, 5.41) is 2.96. The number of guanidine groups is 1. The van der Waals surface area contributed by atoms with Crippen LogP contribution in [0, 0.1) is 6.92 Å². The number of benzene rings is 1. The molecular formula is C14H20F3IN4. The van der Waals surface area contributed by atoms with E-state index in [1.54, 1.807) is 0 Å². The zero-order chi connectivity index (χ0) is 15.5. The van der Waals surface area contributed by atoms with Gasteiger partial charge in [0.1, 0.15) is 0 Å². The minimum Gasteiger partial charge on any atom is -0.370 e. The lowest BCUT2D eigenvalue weighted by atomic mass is 10.2. The van der Waals surface area contributed by atoms with Crippen molar-refractivity contribution in [3.63, 3.8) is 0 Å². The highest BCUT2D eigenvalue weighted by Gasteiger charge is 2.34. The van der Waals surface area contributed by atoms with E-state index in [0.717, 1.165) is 11.3 Å². The fourth-order valence-electron chi connectivity index (χ4n) is 2.41. The third kappa shape index (κ3) is 6.39. The third-order valence-electron chi connectivity index (χ3n) is 3.26. The summed E-state index contributed by atoms with van der Waals surface area (Å²) in [7, 11) is 0. The number of rotatable bonds is 3. The zero-order valence-electron chi connectivity index (χ0n) is 12.2. The predicted octanol–water partition coefficient (Wildman–Crippen LogP) is 2.98. The fourth-order valence-corrected chi connectivity index (χ4v) is 2.41. The summed E-state index contributed by atoms with van der Waals surface area (Å²) in [5.41, 5.74) is 7.72. The van der Waals surface area contributed by atoms with E-state index >= 15 is 0 Å². The van der Waals surface area contributed by atoms with Crippen LogP contribution in [-0.4, -0.2) is 42.7 Å². The molecule has 0 aromatic heterocycles. The van der Waals surface area contributed by atoms with Crippen molar-refractivity contribution in [1.29, 1.82) is 0 Å². The molecule has 0 bridgehead atoms. The van der Waals surface area contributed by atoms with Crippen LogP contribution in [-0.2, 0) is 0 Å². The van der Waals surface area contributed by atoms with Crippen molar-refractivity contribution in [2.75, 3.05) is 25.0 Å². The summed E-state index contributed by atoms with van der Waals surface area (Å²) in [6.07, 6.45) is -3.57. The number of nitrogens with two attached hydrogens (primary N) is 1. The molecule has 0 saturated carbocycles. The predicted molar refractivity (Wildman–Crippen MR) is 92.7 cm³/mol. The number of anilines is 1. The van der Waals surface area contributed by atoms with Crippen LogP contribution in [0.2, 0.25) is 0 Å². The smallest absolute Gasteiger partial charge is 0.370 e. The first kappa shape index (κ1) is 19.0. The highest BCUT2D eigenvalue weighted by atomic mass is 127. The maximum absolute atomic E-state index is 12.3. The molecule has 1 unspecified atom stereocenters. The Hall–Kier alpha value is -1.03. The molecule has 1 saturated heterocycles. The molecule has 3 N–H and O–H groups in total. The van der Waals surface area contributed by atoms with Gasteiger partial charge in [-0.1, -0.05) is 12.1 Å². The van der Waals surface area contributed by atoms with E-state index in [9.17, 15) is 13.2 Å². The number of likely N-dealkylation sites (tertiary alicyclic amines) is 1. The molecule has 1 aromatic carbocycles. The lowest BCUT2D eigenvalue weighted by Crippen LogP contribution is -2.33. The second-order valence-electron chi connectivity index (χ2n) is 5.30. The van der Waals surface area contributed by atoms with Gasteiger partial charge in [0.05, 0.1) is 12.6 Å². The molecule has 1 heterocycles. The maximum Gasteiger partial charge on any atom is 0.401 e. The van der Waals surface area contributed by atoms with Gasteiger partial charge in [-0.3, -0.25) is 4.90 Å². The highest BCUT2D eigenvalue weighted by Crippen LogP contribution is 2.21. The number of alkyl halides is 3. The summed E-state index contributed by atoms with van der Waals surface area (Å²) in [5.74, 6) is 0.236. The van der Waals surface area contributed by atoms with E-state index in [1.807, 2.05) is 31.2 Å². The number of aliphatic imine (C=N–C) groups is 1. The second kappa shape index (κ2) is 8.00. The SMILES string of the molecule is Cc1cccc(NC(N)=NC2CCN(CC(F)(F)F)C2)c1.I. The Morgan fingerprint density at radius 2 is 2.18 bits per heavy atom. The third-order valence-corrected chi connectivity index (χ3v) is 3.26. The lowest BCUT2D eigenvalue weighted by Gasteiger charge is -2.17. The number of halogens is 4. The average Bonchev–Trinajstić information content (AvgIpc) is 2.73. The molecule has 22 heavy (non-hydrogen) atoms. The van der Waals surface area contributed by atoms with Gasteiger partial charge in [-0.15, -0.1) is 24.0 Å². The van der Waals surface area contributed by atoms with Gasteiger partial charge in [0.2, 0.25) is 0 Å². The topological polar surface area (TPSA) is 53.6 Å². The van der Waals surface area contributed by atoms with E-state index in [4.69, 9.17) is 5.73 Å². The molecule has 0 radical (unpaired) electrons. The zero-order valence-corrected chi connectivity index (χ0v) is 14.6. The van der Waals surface area contributed by atoms with Gasteiger partial charge in [-0.25, -0.2) is 4.99 Å². The molecule has 1 aliphatic heterocycles. The monoisotopic (exact) mass is 428 g/mol. The lowest BCUT2D eigenvalue weighted by molar-refractivity contribution is -0.143. The number of nitrogens with zero attached hydrogens (tertiary/aromatic N) is 2. The van der Waals surface area contributed by atoms with Gasteiger partial charge in [0.25, 0.3) is 0 Å².